The number of para-hydroxylation sites is 1. The average Bonchev–Trinajstić information content (AvgIpc) is 2.55. The molecule has 0 fully saturated rings. The maximum absolute atomic E-state index is 12.3. The van der Waals surface area contributed by atoms with Crippen LogP contribution in [-0.4, -0.2) is 23.5 Å². The fraction of sp³-hybridized carbons (Fsp3) is 0.294. The maximum atomic E-state index is 12.3. The van der Waals surface area contributed by atoms with Crippen LogP contribution in [0.15, 0.2) is 48.8 Å². The molecular formula is C17H23Cl2N3O2. The number of anilines is 1. The summed E-state index contributed by atoms with van der Waals surface area (Å²) in [7, 11) is 0. The molecule has 2 aromatic rings. The van der Waals surface area contributed by atoms with Gasteiger partial charge in [0.25, 0.3) is 5.91 Å². The van der Waals surface area contributed by atoms with E-state index in [-0.39, 0.29) is 30.7 Å². The number of pyridine rings is 1. The number of ether oxygens (including phenoxy) is 1. The highest BCUT2D eigenvalue weighted by Gasteiger charge is 2.16. The molecule has 1 unspecified atom stereocenters. The van der Waals surface area contributed by atoms with Gasteiger partial charge in [-0.05, 0) is 37.2 Å². The lowest BCUT2D eigenvalue weighted by Gasteiger charge is -2.16. The summed E-state index contributed by atoms with van der Waals surface area (Å²) in [6, 6.07) is 11.3. The molecule has 1 heterocycles. The van der Waals surface area contributed by atoms with Gasteiger partial charge in [0.1, 0.15) is 5.75 Å². The summed E-state index contributed by atoms with van der Waals surface area (Å²) >= 11 is 0. The number of rotatable bonds is 7. The number of aromatic nitrogens is 1. The molecule has 1 amide bonds. The van der Waals surface area contributed by atoms with Crippen molar-refractivity contribution in [2.24, 2.45) is 0 Å². The molecule has 0 aliphatic heterocycles. The lowest BCUT2D eigenvalue weighted by Crippen LogP contribution is -2.30. The standard InChI is InChI=1S/C17H21N3O2.2ClH/c1-3-18-11-14-7-4-5-9-16(14)20-17(21)13(2)22-15-8-6-10-19-12-15;;/h4-10,12-13,18H,3,11H2,1-2H3,(H,20,21);2*1H. The number of halogens is 2. The molecule has 0 radical (unpaired) electrons. The summed E-state index contributed by atoms with van der Waals surface area (Å²) in [5.74, 6) is 0.388. The van der Waals surface area contributed by atoms with E-state index in [9.17, 15) is 4.79 Å². The van der Waals surface area contributed by atoms with Crippen LogP contribution in [-0.2, 0) is 11.3 Å². The van der Waals surface area contributed by atoms with Crippen LogP contribution in [0.4, 0.5) is 5.69 Å². The summed E-state index contributed by atoms with van der Waals surface area (Å²) < 4.78 is 5.58. The Balaban J connectivity index is 0.00000264. The molecule has 1 atom stereocenters. The van der Waals surface area contributed by atoms with E-state index in [4.69, 9.17) is 4.74 Å². The van der Waals surface area contributed by atoms with Gasteiger partial charge < -0.3 is 15.4 Å². The molecule has 0 saturated carbocycles. The second-order valence-corrected chi connectivity index (χ2v) is 4.88. The summed E-state index contributed by atoms with van der Waals surface area (Å²) in [6.45, 7) is 5.36. The summed E-state index contributed by atoms with van der Waals surface area (Å²) in [5.41, 5.74) is 1.85. The Morgan fingerprint density at radius 1 is 1.21 bits per heavy atom. The largest absolute Gasteiger partial charge is 0.479 e. The second kappa shape index (κ2) is 11.7. The summed E-state index contributed by atoms with van der Waals surface area (Å²) in [5, 5.41) is 6.17. The van der Waals surface area contributed by atoms with Gasteiger partial charge in [0.15, 0.2) is 6.10 Å². The van der Waals surface area contributed by atoms with Gasteiger partial charge in [-0.1, -0.05) is 25.1 Å². The SMILES string of the molecule is CCNCc1ccccc1NC(=O)C(C)Oc1cccnc1.Cl.Cl. The molecule has 2 N–H and O–H groups in total. The van der Waals surface area contributed by atoms with E-state index in [1.807, 2.05) is 31.2 Å². The van der Waals surface area contributed by atoms with Crippen molar-refractivity contribution in [1.29, 1.82) is 0 Å². The molecule has 1 aromatic heterocycles. The minimum Gasteiger partial charge on any atom is -0.479 e. The van der Waals surface area contributed by atoms with Crippen molar-refractivity contribution >= 4 is 36.4 Å². The molecule has 0 bridgehead atoms. The molecule has 7 heteroatoms. The van der Waals surface area contributed by atoms with Crippen LogP contribution in [0.3, 0.4) is 0 Å². The number of benzene rings is 1. The Morgan fingerprint density at radius 2 is 1.96 bits per heavy atom. The fourth-order valence-electron chi connectivity index (χ4n) is 1.96. The molecule has 24 heavy (non-hydrogen) atoms. The topological polar surface area (TPSA) is 63.2 Å². The number of hydrogen-bond acceptors (Lipinski definition) is 4. The Morgan fingerprint density at radius 3 is 2.62 bits per heavy atom. The second-order valence-electron chi connectivity index (χ2n) is 4.88. The van der Waals surface area contributed by atoms with Crippen LogP contribution >= 0.6 is 24.8 Å². The van der Waals surface area contributed by atoms with Crippen molar-refractivity contribution in [1.82, 2.24) is 10.3 Å². The van der Waals surface area contributed by atoms with Crippen LogP contribution in [0, 0.1) is 0 Å². The third-order valence-corrected chi connectivity index (χ3v) is 3.16. The first-order valence-electron chi connectivity index (χ1n) is 7.37. The van der Waals surface area contributed by atoms with Crippen LogP contribution in [0.2, 0.25) is 0 Å². The number of nitrogens with zero attached hydrogens (tertiary/aromatic N) is 1. The number of carbonyl (C=O) groups excluding carboxylic acids is 1. The van der Waals surface area contributed by atoms with Gasteiger partial charge in [0.05, 0.1) is 6.20 Å². The Kier molecular flexibility index (Phi) is 10.8. The monoisotopic (exact) mass is 371 g/mol. The Hall–Kier alpha value is -1.82. The molecule has 2 rings (SSSR count). The zero-order valence-electron chi connectivity index (χ0n) is 13.7. The maximum Gasteiger partial charge on any atom is 0.265 e. The number of carbonyl (C=O) groups is 1. The van der Waals surface area contributed by atoms with Gasteiger partial charge in [-0.3, -0.25) is 9.78 Å². The molecule has 0 aliphatic rings. The zero-order chi connectivity index (χ0) is 15.8. The van der Waals surface area contributed by atoms with Crippen LogP contribution in [0.25, 0.3) is 0 Å². The van der Waals surface area contributed by atoms with Gasteiger partial charge in [0.2, 0.25) is 0 Å². The number of hydrogen-bond donors (Lipinski definition) is 2. The fourth-order valence-corrected chi connectivity index (χ4v) is 1.96. The number of amides is 1. The van der Waals surface area contributed by atoms with Crippen molar-refractivity contribution < 1.29 is 9.53 Å². The van der Waals surface area contributed by atoms with E-state index in [0.29, 0.717) is 12.3 Å². The van der Waals surface area contributed by atoms with Crippen LogP contribution < -0.4 is 15.4 Å². The number of nitrogens with one attached hydrogen (secondary N) is 2. The van der Waals surface area contributed by atoms with E-state index in [0.717, 1.165) is 17.8 Å². The molecular weight excluding hydrogens is 349 g/mol. The van der Waals surface area contributed by atoms with Gasteiger partial charge >= 0.3 is 0 Å². The highest BCUT2D eigenvalue weighted by Crippen LogP contribution is 2.16. The molecule has 1 aromatic carbocycles. The van der Waals surface area contributed by atoms with Crippen molar-refractivity contribution in [3.05, 3.63) is 54.4 Å². The van der Waals surface area contributed by atoms with E-state index in [1.54, 1.807) is 31.5 Å². The highest BCUT2D eigenvalue weighted by atomic mass is 35.5. The smallest absolute Gasteiger partial charge is 0.265 e. The third kappa shape index (κ3) is 6.74. The van der Waals surface area contributed by atoms with Crippen molar-refractivity contribution in [3.8, 4) is 5.75 Å². The minimum atomic E-state index is -0.601. The summed E-state index contributed by atoms with van der Waals surface area (Å²) in [4.78, 5) is 16.2. The molecule has 0 saturated heterocycles. The highest BCUT2D eigenvalue weighted by molar-refractivity contribution is 5.94. The quantitative estimate of drug-likeness (QED) is 0.782. The van der Waals surface area contributed by atoms with Gasteiger partial charge in [-0.15, -0.1) is 24.8 Å². The molecule has 5 nitrogen and oxygen atoms in total. The molecule has 0 aliphatic carbocycles. The normalized spacial score (nSPS) is 10.8. The molecule has 0 spiro atoms. The van der Waals surface area contributed by atoms with Gasteiger partial charge in [-0.25, -0.2) is 0 Å². The van der Waals surface area contributed by atoms with Crippen molar-refractivity contribution in [2.45, 2.75) is 26.5 Å². The lowest BCUT2D eigenvalue weighted by molar-refractivity contribution is -0.122. The van der Waals surface area contributed by atoms with Crippen molar-refractivity contribution in [2.75, 3.05) is 11.9 Å². The van der Waals surface area contributed by atoms with Gasteiger partial charge in [-0.2, -0.15) is 0 Å². The molecule has 132 valence electrons. The van der Waals surface area contributed by atoms with E-state index < -0.39 is 6.10 Å². The minimum absolute atomic E-state index is 0. The summed E-state index contributed by atoms with van der Waals surface area (Å²) in [6.07, 6.45) is 2.65. The van der Waals surface area contributed by atoms with E-state index in [2.05, 4.69) is 15.6 Å². The predicted octanol–water partition coefficient (Wildman–Crippen LogP) is 3.44. The van der Waals surface area contributed by atoms with E-state index in [1.165, 1.54) is 0 Å². The van der Waals surface area contributed by atoms with E-state index >= 15 is 0 Å². The predicted molar refractivity (Wildman–Crippen MR) is 101 cm³/mol. The van der Waals surface area contributed by atoms with Crippen LogP contribution in [0.1, 0.15) is 19.4 Å². The zero-order valence-corrected chi connectivity index (χ0v) is 15.3. The lowest BCUT2D eigenvalue weighted by atomic mass is 10.1. The Labute approximate surface area is 155 Å². The van der Waals surface area contributed by atoms with Crippen LogP contribution in [0.5, 0.6) is 5.75 Å². The van der Waals surface area contributed by atoms with Gasteiger partial charge in [0, 0.05) is 18.4 Å². The Bertz CT molecular complexity index is 612. The third-order valence-electron chi connectivity index (χ3n) is 3.16. The first-order chi connectivity index (χ1) is 10.7. The first kappa shape index (κ1) is 22.2. The average molecular weight is 372 g/mol. The first-order valence-corrected chi connectivity index (χ1v) is 7.37. The van der Waals surface area contributed by atoms with Crippen molar-refractivity contribution in [3.63, 3.8) is 0 Å².